The van der Waals surface area contributed by atoms with Gasteiger partial charge in [0, 0.05) is 30.5 Å². The van der Waals surface area contributed by atoms with Crippen LogP contribution >= 0.6 is 11.6 Å². The van der Waals surface area contributed by atoms with Gasteiger partial charge in [-0.05, 0) is 44.2 Å². The van der Waals surface area contributed by atoms with Crippen LogP contribution in [0.3, 0.4) is 0 Å². The first-order valence-electron chi connectivity index (χ1n) is 8.10. The zero-order valence-electron chi connectivity index (χ0n) is 14.6. The molecule has 1 N–H and O–H groups in total. The monoisotopic (exact) mass is 399 g/mol. The maximum Gasteiger partial charge on any atom is 0.417 e. The van der Waals surface area contributed by atoms with E-state index in [1.54, 1.807) is 4.90 Å². The molecule has 2 rings (SSSR count). The van der Waals surface area contributed by atoms with Crippen molar-refractivity contribution in [2.24, 2.45) is 0 Å². The number of halogens is 4. The highest BCUT2D eigenvalue weighted by molar-refractivity contribution is 6.31. The van der Waals surface area contributed by atoms with Crippen molar-refractivity contribution in [1.82, 2.24) is 9.88 Å². The summed E-state index contributed by atoms with van der Waals surface area (Å²) in [7, 11) is 0. The molecule has 0 unspecified atom stereocenters. The molecular formula is C18H17ClF3N3O2. The second-order valence-corrected chi connectivity index (χ2v) is 5.96. The van der Waals surface area contributed by atoms with Gasteiger partial charge in [-0.25, -0.2) is 0 Å². The second kappa shape index (κ2) is 8.39. The molecule has 0 fully saturated rings. The van der Waals surface area contributed by atoms with Crippen LogP contribution in [0.25, 0.3) is 0 Å². The summed E-state index contributed by atoms with van der Waals surface area (Å²) in [4.78, 5) is 30.2. The third kappa shape index (κ3) is 4.97. The fourth-order valence-corrected chi connectivity index (χ4v) is 2.61. The van der Waals surface area contributed by atoms with Crippen LogP contribution in [-0.4, -0.2) is 34.8 Å². The minimum Gasteiger partial charge on any atom is -0.338 e. The Labute approximate surface area is 159 Å². The van der Waals surface area contributed by atoms with Gasteiger partial charge in [0.2, 0.25) is 0 Å². The summed E-state index contributed by atoms with van der Waals surface area (Å²) in [5.74, 6) is -0.998. The molecule has 27 heavy (non-hydrogen) atoms. The molecule has 0 aliphatic carbocycles. The number of alkyl halides is 3. The molecule has 0 radical (unpaired) electrons. The first kappa shape index (κ1) is 20.7. The van der Waals surface area contributed by atoms with Crippen LogP contribution in [-0.2, 0) is 6.18 Å². The van der Waals surface area contributed by atoms with Crippen molar-refractivity contribution in [1.29, 1.82) is 0 Å². The average Bonchev–Trinajstić information content (AvgIpc) is 2.63. The summed E-state index contributed by atoms with van der Waals surface area (Å²) >= 11 is 5.56. The van der Waals surface area contributed by atoms with E-state index in [9.17, 15) is 22.8 Å². The van der Waals surface area contributed by atoms with E-state index in [1.807, 2.05) is 13.8 Å². The molecule has 0 atom stereocenters. The number of hydrogen-bond acceptors (Lipinski definition) is 3. The summed E-state index contributed by atoms with van der Waals surface area (Å²) in [5.41, 5.74) is -0.929. The first-order chi connectivity index (χ1) is 12.7. The first-order valence-corrected chi connectivity index (χ1v) is 8.48. The number of rotatable bonds is 5. The molecule has 0 spiro atoms. The number of nitrogens with one attached hydrogen (secondary N) is 1. The third-order valence-corrected chi connectivity index (χ3v) is 4.15. The molecule has 144 valence electrons. The van der Waals surface area contributed by atoms with Crippen LogP contribution in [0.2, 0.25) is 5.02 Å². The highest BCUT2D eigenvalue weighted by Gasteiger charge is 2.33. The van der Waals surface area contributed by atoms with Crippen LogP contribution < -0.4 is 5.32 Å². The Morgan fingerprint density at radius 2 is 1.81 bits per heavy atom. The zero-order chi connectivity index (χ0) is 20.2. The van der Waals surface area contributed by atoms with Gasteiger partial charge in [0.1, 0.15) is 5.69 Å². The Morgan fingerprint density at radius 3 is 2.41 bits per heavy atom. The molecule has 0 aliphatic rings. The maximum absolute atomic E-state index is 12.9. The van der Waals surface area contributed by atoms with Gasteiger partial charge < -0.3 is 10.2 Å². The highest BCUT2D eigenvalue weighted by Crippen LogP contribution is 2.36. The molecule has 9 heteroatoms. The molecule has 5 nitrogen and oxygen atoms in total. The summed E-state index contributed by atoms with van der Waals surface area (Å²) in [6.45, 7) is 4.60. The molecule has 1 aromatic carbocycles. The molecule has 2 amide bonds. The van der Waals surface area contributed by atoms with Crippen molar-refractivity contribution >= 4 is 29.1 Å². The number of carbonyl (C=O) groups excluding carboxylic acids is 2. The Hall–Kier alpha value is -2.61. The van der Waals surface area contributed by atoms with Crippen molar-refractivity contribution in [3.8, 4) is 0 Å². The second-order valence-electron chi connectivity index (χ2n) is 5.55. The van der Waals surface area contributed by atoms with Crippen LogP contribution in [0.4, 0.5) is 18.9 Å². The van der Waals surface area contributed by atoms with Crippen LogP contribution in [0, 0.1) is 0 Å². The lowest BCUT2D eigenvalue weighted by Gasteiger charge is -2.18. The molecule has 0 aliphatic heterocycles. The smallest absolute Gasteiger partial charge is 0.338 e. The van der Waals surface area contributed by atoms with Gasteiger partial charge in [-0.1, -0.05) is 11.6 Å². The minimum atomic E-state index is -4.64. The topological polar surface area (TPSA) is 62.3 Å². The number of carbonyl (C=O) groups is 2. The number of aromatic nitrogens is 1. The van der Waals surface area contributed by atoms with Crippen LogP contribution in [0.15, 0.2) is 36.5 Å². The van der Waals surface area contributed by atoms with Crippen LogP contribution in [0.5, 0.6) is 0 Å². The number of amides is 2. The minimum absolute atomic E-state index is 0.0647. The summed E-state index contributed by atoms with van der Waals surface area (Å²) < 4.78 is 38.8. The van der Waals surface area contributed by atoms with E-state index in [2.05, 4.69) is 10.3 Å². The van der Waals surface area contributed by atoms with E-state index >= 15 is 0 Å². The van der Waals surface area contributed by atoms with E-state index in [0.29, 0.717) is 13.1 Å². The number of anilines is 1. The van der Waals surface area contributed by atoms with E-state index in [-0.39, 0.29) is 22.9 Å². The Bertz CT molecular complexity index is 852. The highest BCUT2D eigenvalue weighted by atomic mass is 35.5. The van der Waals surface area contributed by atoms with Crippen molar-refractivity contribution in [2.45, 2.75) is 20.0 Å². The molecule has 1 aromatic heterocycles. The van der Waals surface area contributed by atoms with Gasteiger partial charge >= 0.3 is 6.18 Å². The molecule has 0 saturated heterocycles. The van der Waals surface area contributed by atoms with Gasteiger partial charge in [0.05, 0.1) is 10.6 Å². The molecule has 1 heterocycles. The normalized spacial score (nSPS) is 11.2. The Balaban J connectivity index is 2.25. The van der Waals surface area contributed by atoms with Gasteiger partial charge in [0.15, 0.2) is 0 Å². The Kier molecular flexibility index (Phi) is 6.43. The number of benzene rings is 1. The number of nitrogens with zero attached hydrogens (tertiary/aromatic N) is 2. The average molecular weight is 400 g/mol. The Morgan fingerprint density at radius 1 is 1.15 bits per heavy atom. The maximum atomic E-state index is 12.9. The molecule has 0 bridgehead atoms. The standard InChI is InChI=1S/C18H17ClF3N3O2/c1-3-25(4-2)17(27)15-9-11(7-8-23-15)16(26)24-12-5-6-14(19)13(10-12)18(20,21)22/h5-10H,3-4H2,1-2H3,(H,24,26). The summed E-state index contributed by atoms with van der Waals surface area (Å²) in [6.07, 6.45) is -3.34. The lowest BCUT2D eigenvalue weighted by Crippen LogP contribution is -2.31. The van der Waals surface area contributed by atoms with Gasteiger partial charge in [-0.15, -0.1) is 0 Å². The molecule has 0 saturated carbocycles. The summed E-state index contributed by atoms with van der Waals surface area (Å²) in [6, 6.07) is 5.75. The largest absolute Gasteiger partial charge is 0.417 e. The predicted octanol–water partition coefficient (Wildman–Crippen LogP) is 4.49. The van der Waals surface area contributed by atoms with Gasteiger partial charge in [0.25, 0.3) is 11.8 Å². The zero-order valence-corrected chi connectivity index (χ0v) is 15.4. The fraction of sp³-hybridized carbons (Fsp3) is 0.278. The molecular weight excluding hydrogens is 383 g/mol. The van der Waals surface area contributed by atoms with Crippen molar-refractivity contribution in [3.63, 3.8) is 0 Å². The molecule has 2 aromatic rings. The quantitative estimate of drug-likeness (QED) is 0.805. The number of pyridine rings is 1. The SMILES string of the molecule is CCN(CC)C(=O)c1cc(C(=O)Nc2ccc(Cl)c(C(F)(F)F)c2)ccn1. The fourth-order valence-electron chi connectivity index (χ4n) is 2.39. The predicted molar refractivity (Wildman–Crippen MR) is 95.9 cm³/mol. The van der Waals surface area contributed by atoms with Crippen molar-refractivity contribution < 1.29 is 22.8 Å². The number of hydrogen-bond donors (Lipinski definition) is 1. The van der Waals surface area contributed by atoms with E-state index in [0.717, 1.165) is 12.1 Å². The lowest BCUT2D eigenvalue weighted by atomic mass is 10.1. The van der Waals surface area contributed by atoms with E-state index < -0.39 is 22.7 Å². The van der Waals surface area contributed by atoms with Crippen molar-refractivity contribution in [2.75, 3.05) is 18.4 Å². The van der Waals surface area contributed by atoms with Crippen LogP contribution in [0.1, 0.15) is 40.3 Å². The van der Waals surface area contributed by atoms with E-state index in [1.165, 1.54) is 24.4 Å². The third-order valence-electron chi connectivity index (χ3n) is 3.82. The van der Waals surface area contributed by atoms with Gasteiger partial charge in [-0.3, -0.25) is 14.6 Å². The summed E-state index contributed by atoms with van der Waals surface area (Å²) in [5, 5.41) is 1.91. The lowest BCUT2D eigenvalue weighted by molar-refractivity contribution is -0.137. The van der Waals surface area contributed by atoms with E-state index in [4.69, 9.17) is 11.6 Å². The van der Waals surface area contributed by atoms with Crippen molar-refractivity contribution in [3.05, 3.63) is 58.4 Å². The van der Waals surface area contributed by atoms with Gasteiger partial charge in [-0.2, -0.15) is 13.2 Å².